The van der Waals surface area contributed by atoms with Gasteiger partial charge in [-0.05, 0) is 43.5 Å². The van der Waals surface area contributed by atoms with Crippen molar-refractivity contribution in [2.75, 3.05) is 33.4 Å². The van der Waals surface area contributed by atoms with E-state index in [1.54, 1.807) is 13.3 Å². The molecule has 2 heterocycles. The minimum atomic E-state index is 0.0211. The van der Waals surface area contributed by atoms with Crippen molar-refractivity contribution in [1.82, 2.24) is 20.4 Å². The van der Waals surface area contributed by atoms with Crippen LogP contribution in [0.15, 0.2) is 41.5 Å². The molecule has 0 atom stereocenters. The van der Waals surface area contributed by atoms with Gasteiger partial charge >= 0.3 is 0 Å². The van der Waals surface area contributed by atoms with Gasteiger partial charge in [0, 0.05) is 45.0 Å². The first-order valence-electron chi connectivity index (χ1n) is 9.88. The lowest BCUT2D eigenvalue weighted by atomic mass is 9.74. The fourth-order valence-electron chi connectivity index (χ4n) is 3.59. The van der Waals surface area contributed by atoms with E-state index >= 15 is 0 Å². The van der Waals surface area contributed by atoms with Crippen LogP contribution in [0, 0.1) is 0 Å². The second kappa shape index (κ2) is 9.59. The molecule has 2 aromatic rings. The summed E-state index contributed by atoms with van der Waals surface area (Å²) in [5, 5.41) is 11.1. The van der Waals surface area contributed by atoms with Gasteiger partial charge in [0.15, 0.2) is 5.96 Å². The van der Waals surface area contributed by atoms with Crippen LogP contribution in [0.3, 0.4) is 0 Å². The molecular formula is C21H31N5O2. The Morgan fingerprint density at radius 2 is 1.96 bits per heavy atom. The quantitative estimate of drug-likeness (QED) is 0.565. The Hall–Kier alpha value is -2.54. The van der Waals surface area contributed by atoms with Gasteiger partial charge in [-0.25, -0.2) is 4.99 Å². The lowest BCUT2D eigenvalue weighted by molar-refractivity contribution is 0.0513. The van der Waals surface area contributed by atoms with Crippen molar-refractivity contribution in [3.05, 3.63) is 47.8 Å². The van der Waals surface area contributed by atoms with E-state index < -0.39 is 0 Å². The molecule has 0 radical (unpaired) electrons. The van der Waals surface area contributed by atoms with Crippen molar-refractivity contribution in [3.63, 3.8) is 0 Å². The molecule has 0 saturated carbocycles. The molecule has 1 fully saturated rings. The van der Waals surface area contributed by atoms with Gasteiger partial charge < -0.3 is 20.1 Å². The molecule has 1 aromatic carbocycles. The van der Waals surface area contributed by atoms with E-state index in [-0.39, 0.29) is 5.41 Å². The molecule has 0 bridgehead atoms. The second-order valence-corrected chi connectivity index (χ2v) is 7.12. The van der Waals surface area contributed by atoms with Gasteiger partial charge in [-0.15, -0.1) is 0 Å². The largest absolute Gasteiger partial charge is 0.497 e. The van der Waals surface area contributed by atoms with Gasteiger partial charge in [0.1, 0.15) is 5.75 Å². The minimum Gasteiger partial charge on any atom is -0.497 e. The lowest BCUT2D eigenvalue weighted by Gasteiger charge is -2.38. The Morgan fingerprint density at radius 3 is 2.57 bits per heavy atom. The first kappa shape index (κ1) is 20.2. The Kier molecular flexibility index (Phi) is 6.92. The molecule has 0 aliphatic carbocycles. The van der Waals surface area contributed by atoms with E-state index in [1.165, 1.54) is 5.56 Å². The molecule has 0 unspecified atom stereocenters. The number of hydrogen-bond donors (Lipinski definition) is 2. The van der Waals surface area contributed by atoms with Gasteiger partial charge in [0.2, 0.25) is 0 Å². The number of nitrogens with zero attached hydrogens (tertiary/aromatic N) is 3. The average Bonchev–Trinajstić information content (AvgIpc) is 3.15. The van der Waals surface area contributed by atoms with Crippen molar-refractivity contribution in [2.24, 2.45) is 12.0 Å². The molecule has 28 heavy (non-hydrogen) atoms. The standard InChI is InChI=1S/C21H31N5O2/c1-4-22-20(23-15-18-9-12-25-26(18)2)24-16-21(10-13-28-14-11-21)17-5-7-19(27-3)8-6-17/h5-9,12H,4,10-11,13-16H2,1-3H3,(H2,22,23,24). The van der Waals surface area contributed by atoms with E-state index in [0.717, 1.165) is 56.5 Å². The number of aromatic nitrogens is 2. The number of rotatable bonds is 7. The molecule has 1 aromatic heterocycles. The third kappa shape index (κ3) is 4.84. The van der Waals surface area contributed by atoms with Gasteiger partial charge in [-0.1, -0.05) is 12.1 Å². The number of benzene rings is 1. The number of aryl methyl sites for hydroxylation is 1. The van der Waals surface area contributed by atoms with Crippen molar-refractivity contribution >= 4 is 5.96 Å². The van der Waals surface area contributed by atoms with E-state index in [0.29, 0.717) is 6.54 Å². The maximum atomic E-state index is 5.65. The molecule has 2 N–H and O–H groups in total. The van der Waals surface area contributed by atoms with E-state index in [2.05, 4.69) is 34.8 Å². The average molecular weight is 386 g/mol. The Balaban J connectivity index is 1.74. The number of guanidine groups is 1. The first-order valence-corrected chi connectivity index (χ1v) is 9.88. The fourth-order valence-corrected chi connectivity index (χ4v) is 3.59. The SMILES string of the molecule is CCNC(=NCc1ccnn1C)NCC1(c2ccc(OC)cc2)CCOCC1. The third-order valence-electron chi connectivity index (χ3n) is 5.41. The summed E-state index contributed by atoms with van der Waals surface area (Å²) in [5.41, 5.74) is 2.41. The maximum absolute atomic E-state index is 5.65. The van der Waals surface area contributed by atoms with Crippen LogP contribution in [0.1, 0.15) is 31.0 Å². The molecule has 1 saturated heterocycles. The molecular weight excluding hydrogens is 354 g/mol. The molecule has 1 aliphatic heterocycles. The monoisotopic (exact) mass is 385 g/mol. The van der Waals surface area contributed by atoms with Crippen LogP contribution in [0.5, 0.6) is 5.75 Å². The summed E-state index contributed by atoms with van der Waals surface area (Å²) < 4.78 is 12.8. The van der Waals surface area contributed by atoms with Crippen LogP contribution in [-0.4, -0.2) is 49.2 Å². The fraction of sp³-hybridized carbons (Fsp3) is 0.524. The van der Waals surface area contributed by atoms with Crippen LogP contribution >= 0.6 is 0 Å². The normalized spacial score (nSPS) is 16.6. The summed E-state index contributed by atoms with van der Waals surface area (Å²) in [6.45, 7) is 5.84. The highest BCUT2D eigenvalue weighted by Crippen LogP contribution is 2.35. The highest BCUT2D eigenvalue weighted by atomic mass is 16.5. The zero-order chi connectivity index (χ0) is 19.8. The van der Waals surface area contributed by atoms with E-state index in [4.69, 9.17) is 14.5 Å². The predicted octanol–water partition coefficient (Wildman–Crippen LogP) is 2.23. The molecule has 0 amide bonds. The molecule has 3 rings (SSSR count). The summed E-state index contributed by atoms with van der Waals surface area (Å²) in [6, 6.07) is 10.4. The maximum Gasteiger partial charge on any atom is 0.191 e. The Bertz CT molecular complexity index is 763. The number of methoxy groups -OCH3 is 1. The summed E-state index contributed by atoms with van der Waals surface area (Å²) in [7, 11) is 3.63. The third-order valence-corrected chi connectivity index (χ3v) is 5.41. The summed E-state index contributed by atoms with van der Waals surface area (Å²) in [4.78, 5) is 4.74. The zero-order valence-electron chi connectivity index (χ0n) is 17.1. The lowest BCUT2D eigenvalue weighted by Crippen LogP contribution is -2.48. The van der Waals surface area contributed by atoms with Crippen molar-refractivity contribution in [1.29, 1.82) is 0 Å². The minimum absolute atomic E-state index is 0.0211. The first-order chi connectivity index (χ1) is 13.7. The number of nitrogens with one attached hydrogen (secondary N) is 2. The van der Waals surface area contributed by atoms with Crippen molar-refractivity contribution in [3.8, 4) is 5.75 Å². The van der Waals surface area contributed by atoms with Crippen LogP contribution in [0.4, 0.5) is 0 Å². The Labute approximate surface area is 167 Å². The van der Waals surface area contributed by atoms with Gasteiger partial charge in [0.05, 0.1) is 19.3 Å². The molecule has 7 heteroatoms. The topological polar surface area (TPSA) is 72.7 Å². The predicted molar refractivity (Wildman–Crippen MR) is 111 cm³/mol. The second-order valence-electron chi connectivity index (χ2n) is 7.12. The molecule has 7 nitrogen and oxygen atoms in total. The van der Waals surface area contributed by atoms with Crippen molar-refractivity contribution in [2.45, 2.75) is 31.7 Å². The van der Waals surface area contributed by atoms with Crippen LogP contribution < -0.4 is 15.4 Å². The molecule has 152 valence electrons. The van der Waals surface area contributed by atoms with E-state index in [1.807, 2.05) is 29.9 Å². The zero-order valence-corrected chi connectivity index (χ0v) is 17.1. The van der Waals surface area contributed by atoms with Gasteiger partial charge in [0.25, 0.3) is 0 Å². The van der Waals surface area contributed by atoms with Crippen LogP contribution in [0.2, 0.25) is 0 Å². The number of ether oxygens (including phenoxy) is 2. The highest BCUT2D eigenvalue weighted by Gasteiger charge is 2.34. The molecule has 0 spiro atoms. The van der Waals surface area contributed by atoms with Crippen LogP contribution in [-0.2, 0) is 23.7 Å². The highest BCUT2D eigenvalue weighted by molar-refractivity contribution is 5.79. The van der Waals surface area contributed by atoms with E-state index in [9.17, 15) is 0 Å². The molecule has 1 aliphatic rings. The number of aliphatic imine (C=N–C) groups is 1. The van der Waals surface area contributed by atoms with Gasteiger partial charge in [-0.2, -0.15) is 5.10 Å². The summed E-state index contributed by atoms with van der Waals surface area (Å²) in [5.74, 6) is 1.70. The summed E-state index contributed by atoms with van der Waals surface area (Å²) in [6.07, 6.45) is 3.76. The Morgan fingerprint density at radius 1 is 1.21 bits per heavy atom. The number of hydrogen-bond acceptors (Lipinski definition) is 4. The smallest absolute Gasteiger partial charge is 0.191 e. The van der Waals surface area contributed by atoms with Crippen LogP contribution in [0.25, 0.3) is 0 Å². The summed E-state index contributed by atoms with van der Waals surface area (Å²) >= 11 is 0. The van der Waals surface area contributed by atoms with Gasteiger partial charge in [-0.3, -0.25) is 4.68 Å². The van der Waals surface area contributed by atoms with Crippen molar-refractivity contribution < 1.29 is 9.47 Å².